The number of amides is 2. The van der Waals surface area contributed by atoms with E-state index in [1.54, 1.807) is 29.7 Å². The third-order valence-electron chi connectivity index (χ3n) is 4.77. The predicted octanol–water partition coefficient (Wildman–Crippen LogP) is 4.08. The van der Waals surface area contributed by atoms with E-state index in [0.29, 0.717) is 37.1 Å². The standard InChI is InChI=1S/C18H22N4O6.C6H6/c1-28-13-8-6-12(7-9-13)17-15(22(26)27)11-14(20-17)18(24)19-10-4-2-3-5-16(23)21-25;1-2-4-6-5-3-1/h6-9,11,20,25H,2-5,10H2,1H3,(H,19,24)(H,21,23);1-6H. The number of nitro groups is 1. The number of nitrogens with zero attached hydrogens (tertiary/aromatic N) is 1. The number of ether oxygens (including phenoxy) is 1. The van der Waals surface area contributed by atoms with Gasteiger partial charge in [0, 0.05) is 24.6 Å². The summed E-state index contributed by atoms with van der Waals surface area (Å²) in [6, 6.07) is 19.9. The molecule has 34 heavy (non-hydrogen) atoms. The van der Waals surface area contributed by atoms with E-state index in [2.05, 4.69) is 10.3 Å². The minimum Gasteiger partial charge on any atom is -0.497 e. The normalized spacial score (nSPS) is 9.94. The lowest BCUT2D eigenvalue weighted by molar-refractivity contribution is -0.384. The van der Waals surface area contributed by atoms with Gasteiger partial charge in [0.2, 0.25) is 5.91 Å². The lowest BCUT2D eigenvalue weighted by Crippen LogP contribution is -2.24. The van der Waals surface area contributed by atoms with E-state index < -0.39 is 16.7 Å². The number of rotatable bonds is 10. The number of benzene rings is 2. The highest BCUT2D eigenvalue weighted by Crippen LogP contribution is 2.31. The molecule has 2 amide bonds. The Balaban J connectivity index is 0.000000589. The monoisotopic (exact) mass is 468 g/mol. The number of nitrogens with one attached hydrogen (secondary N) is 3. The minimum absolute atomic E-state index is 0.0946. The van der Waals surface area contributed by atoms with Crippen molar-refractivity contribution in [3.63, 3.8) is 0 Å². The Morgan fingerprint density at radius 3 is 2.18 bits per heavy atom. The maximum atomic E-state index is 12.3. The second-order valence-electron chi connectivity index (χ2n) is 7.19. The second-order valence-corrected chi connectivity index (χ2v) is 7.19. The number of aromatic nitrogens is 1. The molecule has 0 spiro atoms. The number of H-pyrrole nitrogens is 1. The molecule has 2 aromatic carbocycles. The fourth-order valence-corrected chi connectivity index (χ4v) is 3.01. The third kappa shape index (κ3) is 8.40. The summed E-state index contributed by atoms with van der Waals surface area (Å²) in [6.07, 6.45) is 2.12. The zero-order chi connectivity index (χ0) is 24.8. The van der Waals surface area contributed by atoms with E-state index in [1.807, 2.05) is 36.4 Å². The van der Waals surface area contributed by atoms with Crippen molar-refractivity contribution in [2.24, 2.45) is 0 Å². The Kier molecular flexibility index (Phi) is 10.8. The quantitative estimate of drug-likeness (QED) is 0.153. The largest absolute Gasteiger partial charge is 0.497 e. The van der Waals surface area contributed by atoms with Crippen LogP contribution in [0.1, 0.15) is 36.2 Å². The Morgan fingerprint density at radius 1 is 1.03 bits per heavy atom. The molecule has 0 saturated heterocycles. The van der Waals surface area contributed by atoms with Crippen LogP contribution in [-0.2, 0) is 4.79 Å². The molecule has 3 rings (SSSR count). The maximum Gasteiger partial charge on any atom is 0.295 e. The summed E-state index contributed by atoms with van der Waals surface area (Å²) in [5, 5.41) is 22.4. The SMILES string of the molecule is COc1ccc(-c2[nH]c(C(=O)NCCCCCC(=O)NO)cc2[N+](=O)[O-])cc1.c1ccccc1. The Bertz CT molecular complexity index is 1020. The van der Waals surface area contributed by atoms with Crippen LogP contribution < -0.4 is 15.5 Å². The van der Waals surface area contributed by atoms with Crippen LogP contribution in [0, 0.1) is 10.1 Å². The van der Waals surface area contributed by atoms with Gasteiger partial charge in [-0.25, -0.2) is 5.48 Å². The molecule has 0 aliphatic carbocycles. The van der Waals surface area contributed by atoms with E-state index in [9.17, 15) is 19.7 Å². The molecule has 0 radical (unpaired) electrons. The average molecular weight is 469 g/mol. The molecule has 4 N–H and O–H groups in total. The van der Waals surface area contributed by atoms with Crippen molar-refractivity contribution in [1.82, 2.24) is 15.8 Å². The Morgan fingerprint density at radius 2 is 1.65 bits per heavy atom. The summed E-state index contributed by atoms with van der Waals surface area (Å²) in [5.41, 5.74) is 2.27. The number of aromatic amines is 1. The summed E-state index contributed by atoms with van der Waals surface area (Å²) in [4.78, 5) is 36.8. The smallest absolute Gasteiger partial charge is 0.295 e. The molecule has 0 aliphatic rings. The topological polar surface area (TPSA) is 147 Å². The molecule has 10 nitrogen and oxygen atoms in total. The van der Waals surface area contributed by atoms with Gasteiger partial charge in [0.05, 0.1) is 12.0 Å². The van der Waals surface area contributed by atoms with Crippen molar-refractivity contribution in [2.75, 3.05) is 13.7 Å². The fraction of sp³-hybridized carbons (Fsp3) is 0.250. The highest BCUT2D eigenvalue weighted by Gasteiger charge is 2.22. The molecule has 0 atom stereocenters. The van der Waals surface area contributed by atoms with Crippen molar-refractivity contribution >= 4 is 17.5 Å². The van der Waals surface area contributed by atoms with Crippen LogP contribution in [0.25, 0.3) is 11.3 Å². The molecule has 3 aromatic rings. The van der Waals surface area contributed by atoms with Gasteiger partial charge in [0.15, 0.2) is 0 Å². The first-order chi connectivity index (χ1) is 16.5. The molecule has 0 saturated carbocycles. The molecule has 0 unspecified atom stereocenters. The van der Waals surface area contributed by atoms with Gasteiger partial charge in [-0.2, -0.15) is 0 Å². The van der Waals surface area contributed by atoms with E-state index >= 15 is 0 Å². The number of carbonyl (C=O) groups is 2. The van der Waals surface area contributed by atoms with Crippen molar-refractivity contribution in [3.8, 4) is 17.0 Å². The van der Waals surface area contributed by atoms with Gasteiger partial charge in [-0.1, -0.05) is 42.8 Å². The molecule has 0 aliphatic heterocycles. The van der Waals surface area contributed by atoms with Gasteiger partial charge in [0.25, 0.3) is 11.6 Å². The van der Waals surface area contributed by atoms with E-state index in [4.69, 9.17) is 9.94 Å². The molecular formula is C24H28N4O6. The fourth-order valence-electron chi connectivity index (χ4n) is 3.01. The first kappa shape index (κ1) is 26.1. The summed E-state index contributed by atoms with van der Waals surface area (Å²) in [5.74, 6) is -0.280. The molecule has 1 aromatic heterocycles. The van der Waals surface area contributed by atoms with Crippen LogP contribution in [-0.4, -0.2) is 40.6 Å². The van der Waals surface area contributed by atoms with Gasteiger partial charge < -0.3 is 15.0 Å². The van der Waals surface area contributed by atoms with Gasteiger partial charge in [0.1, 0.15) is 17.1 Å². The number of carbonyl (C=O) groups excluding carboxylic acids is 2. The molecule has 0 fully saturated rings. The first-order valence-corrected chi connectivity index (χ1v) is 10.7. The van der Waals surface area contributed by atoms with E-state index in [1.165, 1.54) is 13.2 Å². The van der Waals surface area contributed by atoms with Crippen LogP contribution >= 0.6 is 0 Å². The number of hydrogen-bond acceptors (Lipinski definition) is 6. The van der Waals surface area contributed by atoms with Crippen molar-refractivity contribution in [3.05, 3.63) is 82.5 Å². The Hall–Kier alpha value is -4.18. The van der Waals surface area contributed by atoms with E-state index in [-0.39, 0.29) is 23.5 Å². The predicted molar refractivity (Wildman–Crippen MR) is 127 cm³/mol. The summed E-state index contributed by atoms with van der Waals surface area (Å²) in [6.45, 7) is 0.365. The number of hydrogen-bond donors (Lipinski definition) is 4. The zero-order valence-electron chi connectivity index (χ0n) is 18.8. The highest BCUT2D eigenvalue weighted by atomic mass is 16.6. The molecule has 10 heteroatoms. The molecular weight excluding hydrogens is 440 g/mol. The summed E-state index contributed by atoms with van der Waals surface area (Å²) >= 11 is 0. The Labute approximate surface area is 197 Å². The summed E-state index contributed by atoms with van der Waals surface area (Å²) in [7, 11) is 1.52. The van der Waals surface area contributed by atoms with Crippen molar-refractivity contribution in [1.29, 1.82) is 0 Å². The van der Waals surface area contributed by atoms with Gasteiger partial charge >= 0.3 is 0 Å². The molecule has 180 valence electrons. The third-order valence-corrected chi connectivity index (χ3v) is 4.77. The average Bonchev–Trinajstić information content (AvgIpc) is 3.33. The van der Waals surface area contributed by atoms with E-state index in [0.717, 1.165) is 0 Å². The van der Waals surface area contributed by atoms with Crippen molar-refractivity contribution in [2.45, 2.75) is 25.7 Å². The number of unbranched alkanes of at least 4 members (excludes halogenated alkanes) is 2. The van der Waals surface area contributed by atoms with Gasteiger partial charge in [-0.3, -0.25) is 24.9 Å². The van der Waals surface area contributed by atoms with Gasteiger partial charge in [-0.05, 0) is 37.1 Å². The molecule has 0 bridgehead atoms. The lowest BCUT2D eigenvalue weighted by Gasteiger charge is -2.04. The highest BCUT2D eigenvalue weighted by molar-refractivity contribution is 5.95. The zero-order valence-corrected chi connectivity index (χ0v) is 18.8. The van der Waals surface area contributed by atoms with Crippen LogP contribution in [0.15, 0.2) is 66.7 Å². The van der Waals surface area contributed by atoms with Crippen LogP contribution in [0.3, 0.4) is 0 Å². The van der Waals surface area contributed by atoms with Crippen LogP contribution in [0.4, 0.5) is 5.69 Å². The van der Waals surface area contributed by atoms with Crippen molar-refractivity contribution < 1.29 is 24.5 Å². The first-order valence-electron chi connectivity index (χ1n) is 10.7. The minimum atomic E-state index is -0.543. The van der Waals surface area contributed by atoms with Crippen LogP contribution in [0.2, 0.25) is 0 Å². The lowest BCUT2D eigenvalue weighted by atomic mass is 10.1. The second kappa shape index (κ2) is 14.1. The maximum absolute atomic E-state index is 12.3. The number of methoxy groups -OCH3 is 1. The number of hydroxylamine groups is 1. The molecule has 1 heterocycles. The van der Waals surface area contributed by atoms with Crippen LogP contribution in [0.5, 0.6) is 5.75 Å². The summed E-state index contributed by atoms with van der Waals surface area (Å²) < 4.78 is 5.08. The van der Waals surface area contributed by atoms with Gasteiger partial charge in [-0.15, -0.1) is 0 Å².